The average molecular weight is 372 g/mol. The smallest absolute Gasteiger partial charge is 0.338 e. The quantitative estimate of drug-likeness (QED) is 0.565. The third-order valence-corrected chi connectivity index (χ3v) is 4.99. The fourth-order valence-electron chi connectivity index (χ4n) is 3.41. The minimum Gasteiger partial charge on any atom is -0.449 e. The predicted molar refractivity (Wildman–Crippen MR) is 97.4 cm³/mol. The highest BCUT2D eigenvalue weighted by Crippen LogP contribution is 2.25. The molecule has 1 aromatic rings. The molecule has 1 saturated heterocycles. The summed E-state index contributed by atoms with van der Waals surface area (Å²) in [6.45, 7) is 5.27. The van der Waals surface area contributed by atoms with E-state index < -0.39 is 12.1 Å². The van der Waals surface area contributed by atoms with Gasteiger partial charge in [0.2, 0.25) is 0 Å². The molecule has 144 valence electrons. The molecule has 0 aromatic heterocycles. The topological polar surface area (TPSA) is 84.0 Å². The molecule has 1 aromatic carbocycles. The highest BCUT2D eigenvalue weighted by atomic mass is 16.5. The summed E-state index contributed by atoms with van der Waals surface area (Å²) in [4.78, 5) is 52.4. The zero-order chi connectivity index (χ0) is 19.6. The van der Waals surface area contributed by atoms with E-state index in [1.807, 2.05) is 6.92 Å². The van der Waals surface area contributed by atoms with Gasteiger partial charge in [0.1, 0.15) is 0 Å². The van der Waals surface area contributed by atoms with Gasteiger partial charge in [-0.2, -0.15) is 0 Å². The van der Waals surface area contributed by atoms with Crippen LogP contribution >= 0.6 is 0 Å². The number of carbonyl (C=O) groups is 4. The summed E-state index contributed by atoms with van der Waals surface area (Å²) < 4.78 is 5.28. The number of unbranched alkanes of at least 4 members (excludes halogenated alkanes) is 1. The van der Waals surface area contributed by atoms with Crippen molar-refractivity contribution >= 4 is 23.7 Å². The van der Waals surface area contributed by atoms with E-state index in [0.29, 0.717) is 25.2 Å². The molecule has 0 saturated carbocycles. The Morgan fingerprint density at radius 1 is 1.11 bits per heavy atom. The fraction of sp³-hybridized carbons (Fsp3) is 0.500. The zero-order valence-corrected chi connectivity index (χ0v) is 15.7. The lowest BCUT2D eigenvalue weighted by Crippen LogP contribution is -2.38. The van der Waals surface area contributed by atoms with Gasteiger partial charge in [0.25, 0.3) is 17.7 Å². The molecule has 0 unspecified atom stereocenters. The van der Waals surface area contributed by atoms with Gasteiger partial charge >= 0.3 is 5.97 Å². The van der Waals surface area contributed by atoms with Crippen molar-refractivity contribution in [3.8, 4) is 0 Å². The molecule has 1 fully saturated rings. The maximum absolute atomic E-state index is 12.5. The molecule has 0 spiro atoms. The summed E-state index contributed by atoms with van der Waals surface area (Å²) in [6.07, 6.45) is 2.64. The molecule has 2 aliphatic heterocycles. The Bertz CT molecular complexity index is 783. The van der Waals surface area contributed by atoms with Crippen LogP contribution in [0.2, 0.25) is 0 Å². The minimum atomic E-state index is -0.887. The summed E-state index contributed by atoms with van der Waals surface area (Å²) in [7, 11) is 0. The third-order valence-electron chi connectivity index (χ3n) is 4.99. The summed E-state index contributed by atoms with van der Waals surface area (Å²) in [6, 6.07) is 4.32. The number of amides is 3. The molecule has 0 N–H and O–H groups in total. The van der Waals surface area contributed by atoms with E-state index in [4.69, 9.17) is 4.74 Å². The fourth-order valence-corrected chi connectivity index (χ4v) is 3.41. The first-order valence-electron chi connectivity index (χ1n) is 9.44. The lowest BCUT2D eigenvalue weighted by Gasteiger charge is -2.20. The molecule has 3 amide bonds. The molecule has 2 aliphatic rings. The zero-order valence-electron chi connectivity index (χ0n) is 15.7. The first-order valence-corrected chi connectivity index (χ1v) is 9.44. The summed E-state index contributed by atoms with van der Waals surface area (Å²) in [5.74, 6) is -1.61. The number of hydrogen-bond donors (Lipinski definition) is 0. The Balaban J connectivity index is 1.71. The van der Waals surface area contributed by atoms with E-state index in [-0.39, 0.29) is 28.8 Å². The van der Waals surface area contributed by atoms with Crippen LogP contribution in [-0.4, -0.2) is 59.2 Å². The van der Waals surface area contributed by atoms with Crippen LogP contribution in [0.4, 0.5) is 0 Å². The first kappa shape index (κ1) is 19.1. The van der Waals surface area contributed by atoms with Gasteiger partial charge in [0.05, 0.1) is 16.7 Å². The molecule has 7 heteroatoms. The molecule has 0 aliphatic carbocycles. The second-order valence-corrected chi connectivity index (χ2v) is 6.96. The van der Waals surface area contributed by atoms with Crippen LogP contribution in [-0.2, 0) is 9.53 Å². The summed E-state index contributed by atoms with van der Waals surface area (Å²) in [5.41, 5.74) is 0.672. The van der Waals surface area contributed by atoms with Crippen molar-refractivity contribution in [2.24, 2.45) is 0 Å². The lowest BCUT2D eigenvalue weighted by atomic mass is 10.1. The van der Waals surface area contributed by atoms with Crippen LogP contribution < -0.4 is 0 Å². The van der Waals surface area contributed by atoms with Gasteiger partial charge in [-0.05, 0) is 44.4 Å². The Labute approximate surface area is 158 Å². The maximum Gasteiger partial charge on any atom is 0.338 e. The molecule has 3 rings (SSSR count). The van der Waals surface area contributed by atoms with Crippen LogP contribution in [0.25, 0.3) is 0 Å². The van der Waals surface area contributed by atoms with Crippen LogP contribution in [0.1, 0.15) is 70.6 Å². The lowest BCUT2D eigenvalue weighted by molar-refractivity contribution is -0.138. The Hall–Kier alpha value is -2.70. The number of likely N-dealkylation sites (tertiary alicyclic amines) is 1. The van der Waals surface area contributed by atoms with Gasteiger partial charge in [0.15, 0.2) is 6.10 Å². The van der Waals surface area contributed by atoms with Gasteiger partial charge in [-0.3, -0.25) is 19.3 Å². The van der Waals surface area contributed by atoms with Crippen LogP contribution in [0.15, 0.2) is 18.2 Å². The molecular weight excluding hydrogens is 348 g/mol. The monoisotopic (exact) mass is 372 g/mol. The molecule has 0 bridgehead atoms. The molecule has 0 radical (unpaired) electrons. The van der Waals surface area contributed by atoms with Crippen molar-refractivity contribution in [3.63, 3.8) is 0 Å². The van der Waals surface area contributed by atoms with Crippen molar-refractivity contribution in [1.82, 2.24) is 9.80 Å². The van der Waals surface area contributed by atoms with Gasteiger partial charge in [0, 0.05) is 19.6 Å². The number of benzene rings is 1. The van der Waals surface area contributed by atoms with Gasteiger partial charge < -0.3 is 9.64 Å². The average Bonchev–Trinajstić information content (AvgIpc) is 3.28. The van der Waals surface area contributed by atoms with Crippen molar-refractivity contribution < 1.29 is 23.9 Å². The largest absolute Gasteiger partial charge is 0.449 e. The summed E-state index contributed by atoms with van der Waals surface area (Å²) >= 11 is 0. The van der Waals surface area contributed by atoms with E-state index in [1.54, 1.807) is 11.8 Å². The van der Waals surface area contributed by atoms with E-state index in [1.165, 1.54) is 23.1 Å². The molecule has 1 atom stereocenters. The predicted octanol–water partition coefficient (Wildman–Crippen LogP) is 2.25. The molecular formula is C20H24N2O5. The SMILES string of the molecule is CCCCN1C(=O)c2ccc(C(=O)O[C@@H](C)C(=O)N3CCCC3)cc2C1=O. The minimum absolute atomic E-state index is 0.160. The number of carbonyl (C=O) groups excluding carboxylic acids is 4. The molecule has 27 heavy (non-hydrogen) atoms. The first-order chi connectivity index (χ1) is 12.9. The van der Waals surface area contributed by atoms with Gasteiger partial charge in [-0.25, -0.2) is 4.79 Å². The molecule has 2 heterocycles. The van der Waals surface area contributed by atoms with Gasteiger partial charge in [-0.15, -0.1) is 0 Å². The number of rotatable bonds is 6. The van der Waals surface area contributed by atoms with Crippen LogP contribution in [0.5, 0.6) is 0 Å². The van der Waals surface area contributed by atoms with E-state index in [9.17, 15) is 19.2 Å². The maximum atomic E-state index is 12.5. The number of ether oxygens (including phenoxy) is 1. The van der Waals surface area contributed by atoms with E-state index in [2.05, 4.69) is 0 Å². The number of nitrogens with zero attached hydrogens (tertiary/aromatic N) is 2. The number of hydrogen-bond acceptors (Lipinski definition) is 5. The number of esters is 1. The van der Waals surface area contributed by atoms with Crippen molar-refractivity contribution in [1.29, 1.82) is 0 Å². The van der Waals surface area contributed by atoms with Crippen LogP contribution in [0, 0.1) is 0 Å². The van der Waals surface area contributed by atoms with E-state index >= 15 is 0 Å². The second-order valence-electron chi connectivity index (χ2n) is 6.96. The van der Waals surface area contributed by atoms with Crippen molar-refractivity contribution in [2.75, 3.05) is 19.6 Å². The third kappa shape index (κ3) is 3.72. The van der Waals surface area contributed by atoms with Crippen molar-refractivity contribution in [3.05, 3.63) is 34.9 Å². The highest BCUT2D eigenvalue weighted by molar-refractivity contribution is 6.22. The molecule has 7 nitrogen and oxygen atoms in total. The number of imide groups is 1. The Kier molecular flexibility index (Phi) is 5.58. The number of fused-ring (bicyclic) bond motifs is 1. The Morgan fingerprint density at radius 3 is 2.44 bits per heavy atom. The second kappa shape index (κ2) is 7.90. The normalized spacial score (nSPS) is 17.3. The van der Waals surface area contributed by atoms with E-state index in [0.717, 1.165) is 25.7 Å². The van der Waals surface area contributed by atoms with Gasteiger partial charge in [-0.1, -0.05) is 13.3 Å². The standard InChI is InChI=1S/C20H24N2O5/c1-3-4-11-22-18(24)15-8-7-14(12-16(15)19(22)25)20(26)27-13(2)17(23)21-9-5-6-10-21/h7-8,12-13H,3-6,9-11H2,1-2H3/t13-/m0/s1. The van der Waals surface area contributed by atoms with Crippen molar-refractivity contribution in [2.45, 2.75) is 45.6 Å². The van der Waals surface area contributed by atoms with Crippen LogP contribution in [0.3, 0.4) is 0 Å². The highest BCUT2D eigenvalue weighted by Gasteiger charge is 2.36. The Morgan fingerprint density at radius 2 is 1.78 bits per heavy atom. The summed E-state index contributed by atoms with van der Waals surface area (Å²) in [5, 5.41) is 0.